The smallest absolute Gasteiger partial charge is 0.250 e. The summed E-state index contributed by atoms with van der Waals surface area (Å²) >= 11 is 4.48. The summed E-state index contributed by atoms with van der Waals surface area (Å²) in [5.74, 6) is -2.56. The summed E-state index contributed by atoms with van der Waals surface area (Å²) in [5, 5.41) is 25.6. The van der Waals surface area contributed by atoms with Gasteiger partial charge in [-0.2, -0.15) is 4.40 Å². The van der Waals surface area contributed by atoms with Crippen LogP contribution in [0.15, 0.2) is 28.6 Å². The molecule has 0 bridgehead atoms. The molecule has 1 saturated heterocycles. The molecule has 1 fully saturated rings. The van der Waals surface area contributed by atoms with E-state index in [0.29, 0.717) is 17.2 Å². The number of carboxylic acid groups (broad SMARTS) is 1. The fraction of sp³-hybridized carbons (Fsp3) is 0.400. The number of carbonyl (C=O) groups excluding carboxylic acids is 2. The van der Waals surface area contributed by atoms with Gasteiger partial charge in [0, 0.05) is 16.9 Å². The molecule has 3 N–H and O–H groups in total. The number of β-lactam (4-membered cyclic amide) rings is 1. The van der Waals surface area contributed by atoms with Crippen molar-refractivity contribution in [3.05, 3.63) is 34.2 Å². The van der Waals surface area contributed by atoms with Crippen LogP contribution in [0.4, 0.5) is 5.13 Å². The molecule has 4 atom stereocenters. The number of amides is 1. The fourth-order valence-electron chi connectivity index (χ4n) is 4.83. The van der Waals surface area contributed by atoms with E-state index < -0.39 is 18.0 Å². The number of carbonyl (C=O) groups is 2. The molecule has 0 saturated carbocycles. The Labute approximate surface area is 195 Å². The Morgan fingerprint density at radius 1 is 1.50 bits per heavy atom. The summed E-state index contributed by atoms with van der Waals surface area (Å²) in [6.07, 6.45) is 5.00. The Bertz CT molecular complexity index is 1290. The Balaban J connectivity index is 1.57. The number of thioether (sulfide) groups is 1. The van der Waals surface area contributed by atoms with E-state index in [1.165, 1.54) is 27.6 Å². The van der Waals surface area contributed by atoms with Crippen LogP contribution in [-0.2, 0) is 16.1 Å². The van der Waals surface area contributed by atoms with Crippen LogP contribution in [0.1, 0.15) is 24.4 Å². The third kappa shape index (κ3) is 3.00. The first kappa shape index (κ1) is 21.4. The van der Waals surface area contributed by atoms with Gasteiger partial charge in [0.05, 0.1) is 40.3 Å². The molecule has 0 aliphatic carbocycles. The van der Waals surface area contributed by atoms with Crippen molar-refractivity contribution in [3.8, 4) is 0 Å². The van der Waals surface area contributed by atoms with E-state index in [1.54, 1.807) is 18.7 Å². The summed E-state index contributed by atoms with van der Waals surface area (Å²) in [6, 6.07) is -0.369. The number of nitrogens with zero attached hydrogens (tertiary/aromatic N) is 4. The van der Waals surface area contributed by atoms with E-state index in [-0.39, 0.29) is 23.6 Å². The SMILES string of the molecule is CSc1c2sc(C3=C(C(=O)[O-])N4C(=O)[C@H]([C@@H](C)O)[C@H]4[C@H]3C)c[n+]2cn1Cc1csc(N)n1. The lowest BCUT2D eigenvalue weighted by Crippen LogP contribution is -2.64. The third-order valence-electron chi connectivity index (χ3n) is 6.13. The van der Waals surface area contributed by atoms with E-state index in [4.69, 9.17) is 5.73 Å². The van der Waals surface area contributed by atoms with Gasteiger partial charge >= 0.3 is 0 Å². The predicted molar refractivity (Wildman–Crippen MR) is 120 cm³/mol. The zero-order valence-electron chi connectivity index (χ0n) is 17.5. The molecule has 0 unspecified atom stereocenters. The van der Waals surface area contributed by atoms with Gasteiger partial charge in [-0.05, 0) is 13.2 Å². The second-order valence-corrected chi connectivity index (χ2v) is 10.8. The maximum Gasteiger partial charge on any atom is 0.250 e. The number of hydrogen-bond donors (Lipinski definition) is 2. The highest BCUT2D eigenvalue weighted by atomic mass is 32.2. The van der Waals surface area contributed by atoms with Gasteiger partial charge < -0.3 is 25.6 Å². The zero-order chi connectivity index (χ0) is 22.9. The molecule has 32 heavy (non-hydrogen) atoms. The van der Waals surface area contributed by atoms with Crippen LogP contribution in [0.2, 0.25) is 0 Å². The fourth-order valence-corrected chi connectivity index (χ4v) is 7.56. The first-order valence-corrected chi connectivity index (χ1v) is 12.9. The standard InChI is InChI=1S/C20H21N5O4S3/c1-8-12(15(19(28)29)25-14(8)13(9(2)26)16(25)27)11-5-24-7-23(17(30-3)18(24)32-11)4-10-6-31-20(21)22-10/h5-9,13-14,26H,4H2,1-3H3,(H2-,21,22,28,29)/t8-,9+,13+,14+/m0/s1. The van der Waals surface area contributed by atoms with Gasteiger partial charge in [0.1, 0.15) is 12.7 Å². The first-order valence-electron chi connectivity index (χ1n) is 9.97. The van der Waals surface area contributed by atoms with Gasteiger partial charge in [-0.1, -0.05) is 30.0 Å². The van der Waals surface area contributed by atoms with Crippen LogP contribution in [-0.4, -0.2) is 49.8 Å². The molecule has 12 heteroatoms. The van der Waals surface area contributed by atoms with Gasteiger partial charge in [-0.25, -0.2) is 9.55 Å². The van der Waals surface area contributed by atoms with Crippen molar-refractivity contribution in [1.82, 2.24) is 14.5 Å². The van der Waals surface area contributed by atoms with Crippen molar-refractivity contribution >= 4 is 61.8 Å². The molecule has 1 amide bonds. The monoisotopic (exact) mass is 491 g/mol. The van der Waals surface area contributed by atoms with Gasteiger partial charge in [0.2, 0.25) is 15.8 Å². The molecular formula is C20H21N5O4S3. The van der Waals surface area contributed by atoms with E-state index in [2.05, 4.69) is 9.55 Å². The number of imidazole rings is 1. The molecular weight excluding hydrogens is 470 g/mol. The first-order chi connectivity index (χ1) is 15.2. The van der Waals surface area contributed by atoms with Crippen LogP contribution in [0, 0.1) is 11.8 Å². The number of hydrogen-bond acceptors (Lipinski definition) is 9. The number of aliphatic hydroxyl groups excluding tert-OH is 1. The zero-order valence-corrected chi connectivity index (χ0v) is 20.0. The number of nitrogens with two attached hydrogens (primary N) is 1. The average Bonchev–Trinajstić information content (AvgIpc) is 3.43. The molecule has 2 aliphatic heterocycles. The molecule has 5 rings (SSSR count). The summed E-state index contributed by atoms with van der Waals surface area (Å²) in [5.41, 5.74) is 7.14. The van der Waals surface area contributed by atoms with Crippen molar-refractivity contribution in [2.45, 2.75) is 37.6 Å². The Morgan fingerprint density at radius 3 is 2.84 bits per heavy atom. The number of aliphatic carboxylic acids is 1. The number of carboxylic acids is 1. The molecule has 3 aromatic heterocycles. The summed E-state index contributed by atoms with van der Waals surface area (Å²) < 4.78 is 4.05. The number of anilines is 1. The van der Waals surface area contributed by atoms with Crippen molar-refractivity contribution in [3.63, 3.8) is 0 Å². The van der Waals surface area contributed by atoms with E-state index >= 15 is 0 Å². The van der Waals surface area contributed by atoms with Crippen LogP contribution in [0.3, 0.4) is 0 Å². The van der Waals surface area contributed by atoms with Crippen molar-refractivity contribution < 1.29 is 24.2 Å². The second kappa shape index (κ2) is 7.58. The number of aromatic nitrogens is 3. The highest BCUT2D eigenvalue weighted by Gasteiger charge is 2.59. The maximum absolute atomic E-state index is 12.6. The quantitative estimate of drug-likeness (QED) is 0.290. The molecule has 0 radical (unpaired) electrons. The van der Waals surface area contributed by atoms with Crippen molar-refractivity contribution in [2.75, 3.05) is 12.0 Å². The van der Waals surface area contributed by atoms with Crippen LogP contribution >= 0.6 is 34.4 Å². The molecule has 5 heterocycles. The van der Waals surface area contributed by atoms with E-state index in [1.807, 2.05) is 35.5 Å². The number of thiazole rings is 2. The van der Waals surface area contributed by atoms with Gasteiger partial charge in [0.25, 0.3) is 6.33 Å². The number of aliphatic hydroxyl groups is 1. The third-order valence-corrected chi connectivity index (χ3v) is 8.94. The molecule has 168 valence electrons. The lowest BCUT2D eigenvalue weighted by Gasteiger charge is -2.47. The lowest BCUT2D eigenvalue weighted by atomic mass is 9.77. The average molecular weight is 492 g/mol. The normalized spacial score (nSPS) is 23.7. The topological polar surface area (TPSA) is 129 Å². The minimum atomic E-state index is -1.37. The predicted octanol–water partition coefficient (Wildman–Crippen LogP) is 0.416. The molecule has 0 spiro atoms. The minimum absolute atomic E-state index is 0.0783. The lowest BCUT2D eigenvalue weighted by molar-refractivity contribution is -0.508. The molecule has 3 aromatic rings. The van der Waals surface area contributed by atoms with E-state index in [0.717, 1.165) is 20.4 Å². The number of rotatable bonds is 6. The van der Waals surface area contributed by atoms with Crippen molar-refractivity contribution in [2.24, 2.45) is 11.8 Å². The Morgan fingerprint density at radius 2 is 2.25 bits per heavy atom. The number of fused-ring (bicyclic) bond motifs is 2. The van der Waals surface area contributed by atoms with Crippen molar-refractivity contribution in [1.29, 1.82) is 0 Å². The van der Waals surface area contributed by atoms with Crippen LogP contribution in [0.5, 0.6) is 0 Å². The van der Waals surface area contributed by atoms with Gasteiger partial charge in [-0.3, -0.25) is 4.79 Å². The summed E-state index contributed by atoms with van der Waals surface area (Å²) in [6.45, 7) is 4.05. The Hall–Kier alpha value is -2.41. The number of nitrogen functional groups attached to an aromatic ring is 1. The maximum atomic E-state index is 12.6. The minimum Gasteiger partial charge on any atom is -0.543 e. The van der Waals surface area contributed by atoms with Crippen LogP contribution < -0.4 is 15.2 Å². The molecule has 2 aliphatic rings. The summed E-state index contributed by atoms with van der Waals surface area (Å²) in [4.78, 5) is 32.0. The van der Waals surface area contributed by atoms with Crippen LogP contribution in [0.25, 0.3) is 10.4 Å². The highest BCUT2D eigenvalue weighted by Crippen LogP contribution is 2.51. The highest BCUT2D eigenvalue weighted by molar-refractivity contribution is 7.98. The van der Waals surface area contributed by atoms with Gasteiger partial charge in [-0.15, -0.1) is 11.3 Å². The molecule has 9 nitrogen and oxygen atoms in total. The molecule has 0 aromatic carbocycles. The summed E-state index contributed by atoms with van der Waals surface area (Å²) in [7, 11) is 0. The van der Waals surface area contributed by atoms with E-state index in [9.17, 15) is 19.8 Å². The van der Waals surface area contributed by atoms with Gasteiger partial charge in [0.15, 0.2) is 5.13 Å². The largest absolute Gasteiger partial charge is 0.543 e. The second-order valence-electron chi connectivity index (χ2n) is 8.04. The Kier molecular flexibility index (Phi) is 5.08.